The van der Waals surface area contributed by atoms with Crippen molar-refractivity contribution < 1.29 is 18.4 Å². The van der Waals surface area contributed by atoms with Crippen LogP contribution in [-0.4, -0.2) is 36.4 Å². The highest BCUT2D eigenvalue weighted by Gasteiger charge is 2.26. The van der Waals surface area contributed by atoms with Crippen LogP contribution < -0.4 is 11.1 Å². The zero-order chi connectivity index (χ0) is 23.9. The van der Waals surface area contributed by atoms with Gasteiger partial charge in [0.15, 0.2) is 0 Å². The van der Waals surface area contributed by atoms with Gasteiger partial charge in [-0.05, 0) is 38.0 Å². The summed E-state index contributed by atoms with van der Waals surface area (Å²) in [6, 6.07) is 1.26. The van der Waals surface area contributed by atoms with Gasteiger partial charge in [0.25, 0.3) is 12.3 Å². The molecule has 4 aromatic heterocycles. The molecule has 0 radical (unpaired) electrons. The predicted molar refractivity (Wildman–Crippen MR) is 120 cm³/mol. The molecule has 0 aliphatic carbocycles. The van der Waals surface area contributed by atoms with Gasteiger partial charge in [0.2, 0.25) is 5.91 Å². The molecule has 0 saturated heterocycles. The molecule has 9 nitrogen and oxygen atoms in total. The van der Waals surface area contributed by atoms with Crippen LogP contribution in [-0.2, 0) is 17.9 Å². The second-order valence-corrected chi connectivity index (χ2v) is 8.47. The number of rotatable bonds is 7. The molecule has 12 heteroatoms. The maximum absolute atomic E-state index is 13.6. The van der Waals surface area contributed by atoms with E-state index >= 15 is 0 Å². The maximum atomic E-state index is 13.6. The Morgan fingerprint density at radius 2 is 1.97 bits per heavy atom. The Morgan fingerprint density at radius 1 is 1.21 bits per heavy atom. The fourth-order valence-corrected chi connectivity index (χ4v) is 4.66. The second-order valence-electron chi connectivity index (χ2n) is 7.47. The number of carbonyl (C=O) groups is 2. The molecular weight excluding hydrogens is 452 g/mol. The Kier molecular flexibility index (Phi) is 5.93. The number of aromatic nitrogens is 5. The molecule has 2 amide bonds. The van der Waals surface area contributed by atoms with Crippen molar-refractivity contribution in [2.24, 2.45) is 5.73 Å². The molecule has 0 atom stereocenters. The van der Waals surface area contributed by atoms with Crippen LogP contribution in [0.3, 0.4) is 0 Å². The second kappa shape index (κ2) is 8.70. The van der Waals surface area contributed by atoms with Crippen LogP contribution in [0, 0.1) is 13.8 Å². The smallest absolute Gasteiger partial charge is 0.280 e. The van der Waals surface area contributed by atoms with E-state index in [4.69, 9.17) is 5.73 Å². The maximum Gasteiger partial charge on any atom is 0.280 e. The molecule has 0 aromatic carbocycles. The Morgan fingerprint density at radius 3 is 2.55 bits per heavy atom. The van der Waals surface area contributed by atoms with Crippen LogP contribution in [0.1, 0.15) is 40.0 Å². The van der Waals surface area contributed by atoms with Crippen LogP contribution in [0.2, 0.25) is 0 Å². The molecule has 172 valence electrons. The van der Waals surface area contributed by atoms with E-state index in [0.29, 0.717) is 23.1 Å². The largest absolute Gasteiger partial charge is 0.365 e. The normalized spacial score (nSPS) is 11.5. The first-order valence-electron chi connectivity index (χ1n) is 10.1. The number of thiophene rings is 1. The third-order valence-corrected chi connectivity index (χ3v) is 6.25. The highest BCUT2D eigenvalue weighted by molar-refractivity contribution is 7.21. The quantitative estimate of drug-likeness (QED) is 0.424. The number of anilines is 1. The van der Waals surface area contributed by atoms with E-state index in [0.717, 1.165) is 22.6 Å². The summed E-state index contributed by atoms with van der Waals surface area (Å²) in [5.41, 5.74) is 7.89. The number of primary amides is 1. The van der Waals surface area contributed by atoms with Crippen molar-refractivity contribution in [2.75, 3.05) is 5.32 Å². The van der Waals surface area contributed by atoms with Gasteiger partial charge in [-0.15, -0.1) is 11.3 Å². The van der Waals surface area contributed by atoms with Gasteiger partial charge < -0.3 is 11.1 Å². The van der Waals surface area contributed by atoms with Crippen molar-refractivity contribution in [2.45, 2.75) is 40.3 Å². The van der Waals surface area contributed by atoms with Gasteiger partial charge >= 0.3 is 0 Å². The van der Waals surface area contributed by atoms with Crippen LogP contribution in [0.25, 0.3) is 21.3 Å². The molecule has 0 bridgehead atoms. The van der Waals surface area contributed by atoms with Crippen LogP contribution >= 0.6 is 11.3 Å². The lowest BCUT2D eigenvalue weighted by Crippen LogP contribution is -2.21. The summed E-state index contributed by atoms with van der Waals surface area (Å²) in [5, 5.41) is 11.5. The Hall–Kier alpha value is -3.67. The fourth-order valence-electron chi connectivity index (χ4n) is 3.64. The summed E-state index contributed by atoms with van der Waals surface area (Å²) in [7, 11) is 0. The van der Waals surface area contributed by atoms with E-state index in [1.165, 1.54) is 10.7 Å². The minimum absolute atomic E-state index is 0.0238. The Labute approximate surface area is 191 Å². The van der Waals surface area contributed by atoms with Gasteiger partial charge in [-0.1, -0.05) is 0 Å². The Balaban J connectivity index is 1.90. The molecule has 0 spiro atoms. The fraction of sp³-hybridized carbons (Fsp3) is 0.286. The van der Waals surface area contributed by atoms with Gasteiger partial charge in [0, 0.05) is 29.4 Å². The molecule has 4 aromatic rings. The summed E-state index contributed by atoms with van der Waals surface area (Å²) in [5.74, 6) is -1.25. The summed E-state index contributed by atoms with van der Waals surface area (Å²) in [6.45, 7) is 6.06. The zero-order valence-corrected chi connectivity index (χ0v) is 18.9. The topological polar surface area (TPSA) is 121 Å². The molecule has 0 unspecified atom stereocenters. The number of fused-ring (bicyclic) bond motifs is 1. The van der Waals surface area contributed by atoms with E-state index < -0.39 is 23.9 Å². The Bertz CT molecular complexity index is 1370. The third-order valence-electron chi connectivity index (χ3n) is 5.15. The third kappa shape index (κ3) is 4.21. The number of nitrogens with one attached hydrogen (secondary N) is 1. The minimum Gasteiger partial charge on any atom is -0.365 e. The molecule has 0 aliphatic heterocycles. The van der Waals surface area contributed by atoms with Crippen LogP contribution in [0.5, 0.6) is 0 Å². The first kappa shape index (κ1) is 22.5. The lowest BCUT2D eigenvalue weighted by molar-refractivity contribution is -0.116. The van der Waals surface area contributed by atoms with Crippen LogP contribution in [0.15, 0.2) is 24.7 Å². The molecule has 0 aliphatic rings. The number of nitrogens with zero attached hydrogens (tertiary/aromatic N) is 5. The van der Waals surface area contributed by atoms with Crippen molar-refractivity contribution in [3.63, 3.8) is 0 Å². The number of nitrogens with two attached hydrogens (primary N) is 1. The van der Waals surface area contributed by atoms with E-state index in [-0.39, 0.29) is 21.9 Å². The van der Waals surface area contributed by atoms with Crippen molar-refractivity contribution in [1.29, 1.82) is 0 Å². The zero-order valence-electron chi connectivity index (χ0n) is 18.1. The monoisotopic (exact) mass is 473 g/mol. The molecule has 4 rings (SSSR count). The average molecular weight is 474 g/mol. The SMILES string of the molecule is CCn1ncc(-c2cc(C(F)F)nc3sc(C(N)=O)c(NC(=O)Cn4cc(C)cn4)c23)c1C. The van der Waals surface area contributed by atoms with Crippen molar-refractivity contribution >= 4 is 39.1 Å². The molecule has 3 N–H and O–H groups in total. The number of hydrogen-bond acceptors (Lipinski definition) is 6. The molecular formula is C21H21F2N7O2S. The van der Waals surface area contributed by atoms with E-state index in [1.54, 1.807) is 23.3 Å². The highest BCUT2D eigenvalue weighted by atomic mass is 32.1. The van der Waals surface area contributed by atoms with Crippen molar-refractivity contribution in [3.8, 4) is 11.1 Å². The lowest BCUT2D eigenvalue weighted by atomic mass is 10.0. The predicted octanol–water partition coefficient (Wildman–Crippen LogP) is 3.67. The summed E-state index contributed by atoms with van der Waals surface area (Å²) in [4.78, 5) is 29.2. The van der Waals surface area contributed by atoms with Gasteiger partial charge in [-0.3, -0.25) is 19.0 Å². The van der Waals surface area contributed by atoms with Gasteiger partial charge in [0.05, 0.1) is 18.1 Å². The average Bonchev–Trinajstić information content (AvgIpc) is 3.44. The van der Waals surface area contributed by atoms with E-state index in [9.17, 15) is 18.4 Å². The summed E-state index contributed by atoms with van der Waals surface area (Å²) < 4.78 is 30.4. The molecule has 4 heterocycles. The molecule has 0 fully saturated rings. The van der Waals surface area contributed by atoms with Gasteiger partial charge in [0.1, 0.15) is 21.9 Å². The van der Waals surface area contributed by atoms with Gasteiger partial charge in [-0.2, -0.15) is 10.2 Å². The number of hydrogen-bond donors (Lipinski definition) is 2. The molecule has 0 saturated carbocycles. The van der Waals surface area contributed by atoms with Gasteiger partial charge in [-0.25, -0.2) is 13.8 Å². The van der Waals surface area contributed by atoms with E-state index in [2.05, 4.69) is 20.5 Å². The van der Waals surface area contributed by atoms with Crippen molar-refractivity contribution in [1.82, 2.24) is 24.5 Å². The minimum atomic E-state index is -2.82. The van der Waals surface area contributed by atoms with E-state index in [1.807, 2.05) is 20.8 Å². The number of pyridine rings is 1. The number of carbonyl (C=O) groups excluding carboxylic acids is 2. The first-order valence-corrected chi connectivity index (χ1v) is 10.9. The first-order chi connectivity index (χ1) is 15.7. The standard InChI is InChI=1S/C21H21F2N7O2S/c1-4-30-11(3)13(7-26-30)12-5-14(19(22)23)27-21-16(12)17(18(33-21)20(24)32)28-15(31)9-29-8-10(2)6-25-29/h5-8,19H,4,9H2,1-3H3,(H2,24,32)(H,28,31). The molecule has 33 heavy (non-hydrogen) atoms. The van der Waals surface area contributed by atoms with Crippen LogP contribution in [0.4, 0.5) is 14.5 Å². The van der Waals surface area contributed by atoms with Crippen molar-refractivity contribution in [3.05, 3.63) is 46.5 Å². The summed E-state index contributed by atoms with van der Waals surface area (Å²) in [6.07, 6.45) is 2.06. The number of aryl methyl sites for hydroxylation is 2. The lowest BCUT2D eigenvalue weighted by Gasteiger charge is -2.11. The highest BCUT2D eigenvalue weighted by Crippen LogP contribution is 2.43. The number of amides is 2. The number of halogens is 2. The number of alkyl halides is 2. The summed E-state index contributed by atoms with van der Waals surface area (Å²) >= 11 is 0.860.